The van der Waals surface area contributed by atoms with E-state index in [1.165, 1.54) is 0 Å². The number of anilines is 1. The van der Waals surface area contributed by atoms with E-state index >= 15 is 0 Å². The number of carbonyl (C=O) groups is 3. The maximum Gasteiger partial charge on any atom is 0.276 e. The minimum Gasteiger partial charge on any atom is -0.491 e. The zero-order valence-corrected chi connectivity index (χ0v) is 37.9. The van der Waals surface area contributed by atoms with Crippen LogP contribution >= 0.6 is 0 Å². The molecule has 1 aliphatic heterocycles. The average Bonchev–Trinajstić information content (AvgIpc) is 4.07. The van der Waals surface area contributed by atoms with Crippen LogP contribution in [0.25, 0.3) is 44.5 Å². The van der Waals surface area contributed by atoms with Crippen molar-refractivity contribution < 1.29 is 33.3 Å². The highest BCUT2D eigenvalue weighted by molar-refractivity contribution is 6.12. The van der Waals surface area contributed by atoms with Gasteiger partial charge in [0.2, 0.25) is 17.8 Å². The number of hydrogen-bond acceptors (Lipinski definition) is 13. The number of nitrogens with zero attached hydrogens (tertiary/aromatic N) is 10. The molecule has 0 unspecified atom stereocenters. The van der Waals surface area contributed by atoms with Crippen molar-refractivity contribution in [2.45, 2.75) is 60.3 Å². The average molecular weight is 902 g/mol. The molecule has 66 heavy (non-hydrogen) atoms. The Bertz CT molecular complexity index is 2960. The molecule has 346 valence electrons. The molecule has 20 nitrogen and oxygen atoms in total. The number of imidazole rings is 1. The molecule has 1 aliphatic rings. The fourth-order valence-corrected chi connectivity index (χ4v) is 8.23. The second kappa shape index (κ2) is 19.9. The number of aryl methyl sites for hydroxylation is 4. The summed E-state index contributed by atoms with van der Waals surface area (Å²) in [6.07, 6.45) is 6.28. The van der Waals surface area contributed by atoms with Gasteiger partial charge in [-0.05, 0) is 64.1 Å². The Labute approximate surface area is 380 Å². The summed E-state index contributed by atoms with van der Waals surface area (Å²) in [6.45, 7) is 13.9. The van der Waals surface area contributed by atoms with Crippen molar-refractivity contribution in [3.8, 4) is 23.0 Å². The summed E-state index contributed by atoms with van der Waals surface area (Å²) in [5, 5.41) is 13.5. The first-order valence-corrected chi connectivity index (χ1v) is 22.0. The summed E-state index contributed by atoms with van der Waals surface area (Å²) in [6, 6.07) is 10.3. The maximum atomic E-state index is 13.9. The number of carbonyl (C=O) groups excluding carboxylic acids is 3. The van der Waals surface area contributed by atoms with Crippen LogP contribution in [0.4, 0.5) is 5.95 Å². The summed E-state index contributed by atoms with van der Waals surface area (Å²) < 4.78 is 30.9. The molecule has 0 atom stereocenters. The minimum absolute atomic E-state index is 0.214. The standard InChI is InChI=1S/C46H55N13O7/c1-6-58-35(21-28(3)53-58)43-49-27-33-32-23-30(41(47)60)25-37(65-17-10-16-63-5)39(32)56(44(33)51-43)11-8-9-12-57-40-34(50-46(57)52-45(62)36-22-29(4)54-59(36)7-2)24-31(42(48)61)26-38(40)66-20-15-55-13-18-64-19-14-55/h8-9,21-27H,6-7,10-20H2,1-5H3,(H2,47,60)(H2,48,61)(H,50,52,62). The van der Waals surface area contributed by atoms with E-state index < -0.39 is 17.7 Å². The third-order valence-corrected chi connectivity index (χ3v) is 11.4. The molecular formula is C46H55N13O7. The monoisotopic (exact) mass is 901 g/mol. The second-order valence-electron chi connectivity index (χ2n) is 15.9. The molecule has 1 fully saturated rings. The summed E-state index contributed by atoms with van der Waals surface area (Å²) in [4.78, 5) is 56.2. The van der Waals surface area contributed by atoms with Crippen LogP contribution in [0.5, 0.6) is 11.5 Å². The number of ether oxygens (including phenoxy) is 4. The molecule has 0 radical (unpaired) electrons. The minimum atomic E-state index is -0.644. The van der Waals surface area contributed by atoms with E-state index in [2.05, 4.69) is 20.4 Å². The third-order valence-electron chi connectivity index (χ3n) is 11.4. The summed E-state index contributed by atoms with van der Waals surface area (Å²) in [5.41, 5.74) is 17.1. The molecule has 5 aromatic heterocycles. The molecule has 0 saturated carbocycles. The van der Waals surface area contributed by atoms with E-state index in [1.807, 2.05) is 59.7 Å². The van der Waals surface area contributed by atoms with Crippen LogP contribution in [0.3, 0.4) is 0 Å². The van der Waals surface area contributed by atoms with Gasteiger partial charge in [-0.2, -0.15) is 10.2 Å². The van der Waals surface area contributed by atoms with Crippen molar-refractivity contribution in [2.75, 3.05) is 65.1 Å². The summed E-state index contributed by atoms with van der Waals surface area (Å²) >= 11 is 0. The summed E-state index contributed by atoms with van der Waals surface area (Å²) in [7, 11) is 1.63. The van der Waals surface area contributed by atoms with Crippen molar-refractivity contribution in [1.82, 2.24) is 48.5 Å². The molecule has 7 aromatic rings. The van der Waals surface area contributed by atoms with Crippen LogP contribution in [-0.2, 0) is 35.7 Å². The van der Waals surface area contributed by atoms with Crippen LogP contribution in [0.15, 0.2) is 54.7 Å². The van der Waals surface area contributed by atoms with Crippen LogP contribution in [0.2, 0.25) is 0 Å². The Kier molecular flexibility index (Phi) is 13.7. The molecule has 3 amide bonds. The number of benzene rings is 2. The Morgan fingerprint density at radius 2 is 1.45 bits per heavy atom. The predicted octanol–water partition coefficient (Wildman–Crippen LogP) is 4.48. The molecule has 0 spiro atoms. The van der Waals surface area contributed by atoms with E-state index in [1.54, 1.807) is 48.3 Å². The number of amides is 3. The van der Waals surface area contributed by atoms with Crippen molar-refractivity contribution in [3.63, 3.8) is 0 Å². The number of allylic oxidation sites excluding steroid dienone is 2. The lowest BCUT2D eigenvalue weighted by atomic mass is 10.1. The first kappa shape index (κ1) is 45.4. The topological polar surface area (TPSA) is 240 Å². The van der Waals surface area contributed by atoms with Crippen molar-refractivity contribution >= 4 is 56.6 Å². The first-order chi connectivity index (χ1) is 32.0. The zero-order valence-electron chi connectivity index (χ0n) is 37.9. The Morgan fingerprint density at radius 1 is 0.788 bits per heavy atom. The number of morpholine rings is 1. The number of nitrogens with two attached hydrogens (primary N) is 2. The quantitative estimate of drug-likeness (QED) is 0.0707. The number of nitrogens with one attached hydrogen (secondary N) is 1. The number of hydrogen-bond donors (Lipinski definition) is 3. The number of aromatic nitrogens is 9. The highest BCUT2D eigenvalue weighted by atomic mass is 16.5. The molecule has 0 aliphatic carbocycles. The lowest BCUT2D eigenvalue weighted by Gasteiger charge is -2.26. The normalized spacial score (nSPS) is 13.4. The van der Waals surface area contributed by atoms with Gasteiger partial charge in [0, 0.05) is 94.0 Å². The van der Waals surface area contributed by atoms with Gasteiger partial charge >= 0.3 is 0 Å². The molecule has 2 aromatic carbocycles. The van der Waals surface area contributed by atoms with E-state index in [-0.39, 0.29) is 23.6 Å². The van der Waals surface area contributed by atoms with Crippen LogP contribution in [-0.4, -0.2) is 126 Å². The molecule has 20 heteroatoms. The second-order valence-corrected chi connectivity index (χ2v) is 15.9. The molecular weight excluding hydrogens is 847 g/mol. The van der Waals surface area contributed by atoms with Crippen molar-refractivity contribution in [3.05, 3.63) is 83.0 Å². The van der Waals surface area contributed by atoms with Gasteiger partial charge in [0.05, 0.1) is 42.2 Å². The summed E-state index contributed by atoms with van der Waals surface area (Å²) in [5.74, 6) is -0.0985. The first-order valence-electron chi connectivity index (χ1n) is 22.0. The van der Waals surface area contributed by atoms with Crippen LogP contribution in [0, 0.1) is 13.8 Å². The molecule has 1 saturated heterocycles. The number of primary amides is 2. The van der Waals surface area contributed by atoms with E-state index in [0.717, 1.165) is 24.5 Å². The Hall–Kier alpha value is -7.16. The van der Waals surface area contributed by atoms with E-state index in [0.29, 0.717) is 127 Å². The largest absolute Gasteiger partial charge is 0.491 e. The van der Waals surface area contributed by atoms with Crippen molar-refractivity contribution in [1.29, 1.82) is 0 Å². The molecule has 8 rings (SSSR count). The van der Waals surface area contributed by atoms with Gasteiger partial charge in [-0.25, -0.2) is 15.0 Å². The van der Waals surface area contributed by atoms with Gasteiger partial charge in [0.25, 0.3) is 5.91 Å². The Balaban J connectivity index is 1.22. The van der Waals surface area contributed by atoms with Crippen LogP contribution < -0.4 is 26.3 Å². The van der Waals surface area contributed by atoms with Gasteiger partial charge in [0.1, 0.15) is 40.7 Å². The number of fused-ring (bicyclic) bond motifs is 4. The highest BCUT2D eigenvalue weighted by Crippen LogP contribution is 2.37. The molecule has 5 N–H and O–H groups in total. The number of methoxy groups -OCH3 is 1. The van der Waals surface area contributed by atoms with Gasteiger partial charge < -0.3 is 39.5 Å². The predicted molar refractivity (Wildman–Crippen MR) is 248 cm³/mol. The third kappa shape index (κ3) is 9.46. The fraction of sp³-hybridized carbons (Fsp3) is 0.391. The highest BCUT2D eigenvalue weighted by Gasteiger charge is 2.24. The van der Waals surface area contributed by atoms with E-state index in [9.17, 15) is 14.4 Å². The lowest BCUT2D eigenvalue weighted by Crippen LogP contribution is -2.38. The number of rotatable bonds is 20. The van der Waals surface area contributed by atoms with Gasteiger partial charge in [-0.3, -0.25) is 34.0 Å². The van der Waals surface area contributed by atoms with Gasteiger partial charge in [-0.15, -0.1) is 0 Å². The van der Waals surface area contributed by atoms with Gasteiger partial charge in [-0.1, -0.05) is 12.2 Å². The Morgan fingerprint density at radius 3 is 2.17 bits per heavy atom. The maximum absolute atomic E-state index is 13.9. The van der Waals surface area contributed by atoms with Crippen molar-refractivity contribution in [2.24, 2.45) is 11.5 Å². The lowest BCUT2D eigenvalue weighted by molar-refractivity contribution is 0.0323. The van der Waals surface area contributed by atoms with Crippen LogP contribution in [0.1, 0.15) is 62.9 Å². The van der Waals surface area contributed by atoms with E-state index in [4.69, 9.17) is 45.4 Å². The zero-order chi connectivity index (χ0) is 46.5. The SMILES string of the molecule is CCn1nc(C)cc1C(=O)Nc1nc2cc(C(N)=O)cc(OCCN3CCOCC3)c2n1CC=CCn1c2nc(-c3cc(C)nn3CC)ncc2c2cc(C(N)=O)cc(OCCCOC)c21. The molecule has 0 bridgehead atoms. The fourth-order valence-electron chi connectivity index (χ4n) is 8.23. The smallest absolute Gasteiger partial charge is 0.276 e. The molecule has 6 heterocycles. The van der Waals surface area contributed by atoms with Gasteiger partial charge in [0.15, 0.2) is 5.82 Å².